The Labute approximate surface area is 501 Å². The summed E-state index contributed by atoms with van der Waals surface area (Å²) in [5.74, 6) is 1.28. The van der Waals surface area contributed by atoms with Gasteiger partial charge in [0.15, 0.2) is 11.3 Å². The fourth-order valence-electron chi connectivity index (χ4n) is 10.2. The van der Waals surface area contributed by atoms with Crippen molar-refractivity contribution in [3.63, 3.8) is 0 Å². The maximum atomic E-state index is 13.7. The minimum Gasteiger partial charge on any atom is -0.496 e. The second-order valence-electron chi connectivity index (χ2n) is 25.9. The number of fused-ring (bicyclic) bond motifs is 2. The molecule has 1 aromatic carbocycles. The molecular formula is C61H83N15O10. The van der Waals surface area contributed by atoms with Gasteiger partial charge in [0.25, 0.3) is 0 Å². The van der Waals surface area contributed by atoms with Crippen molar-refractivity contribution in [2.45, 2.75) is 169 Å². The van der Waals surface area contributed by atoms with Crippen molar-refractivity contribution in [2.75, 3.05) is 37.4 Å². The van der Waals surface area contributed by atoms with Crippen LogP contribution in [0.2, 0.25) is 0 Å². The van der Waals surface area contributed by atoms with Gasteiger partial charge in [-0.15, -0.1) is 0 Å². The number of piperidine rings is 2. The number of benzene rings is 1. The minimum absolute atomic E-state index is 0.100. The van der Waals surface area contributed by atoms with Crippen LogP contribution in [0.1, 0.15) is 143 Å². The average molecular weight is 1190 g/mol. The molecule has 462 valence electrons. The lowest BCUT2D eigenvalue weighted by Crippen LogP contribution is -2.51. The summed E-state index contributed by atoms with van der Waals surface area (Å²) >= 11 is 0. The quantitative estimate of drug-likeness (QED) is 0.0758. The maximum absolute atomic E-state index is 13.7. The van der Waals surface area contributed by atoms with Crippen LogP contribution in [0.3, 0.4) is 0 Å². The minimum atomic E-state index is -0.699. The Balaban J connectivity index is 0.000000230. The zero-order valence-electron chi connectivity index (χ0n) is 52.3. The second kappa shape index (κ2) is 25.5. The Kier molecular flexibility index (Phi) is 18.8. The van der Waals surface area contributed by atoms with Crippen LogP contribution >= 0.6 is 0 Å². The van der Waals surface area contributed by atoms with Crippen LogP contribution in [0, 0.1) is 6.92 Å². The van der Waals surface area contributed by atoms with E-state index in [1.165, 1.54) is 4.90 Å². The molecule has 4 amide bonds. The van der Waals surface area contributed by atoms with E-state index in [1.807, 2.05) is 92.0 Å². The summed E-state index contributed by atoms with van der Waals surface area (Å²) in [7, 11) is 5.34. The van der Waals surface area contributed by atoms with Crippen LogP contribution in [-0.4, -0.2) is 150 Å². The number of hydrogen-bond donors (Lipinski definition) is 3. The monoisotopic (exact) mass is 1190 g/mol. The Bertz CT molecular complexity index is 3570. The van der Waals surface area contributed by atoms with Crippen LogP contribution in [0.5, 0.6) is 5.75 Å². The number of carbonyl (C=O) groups is 5. The van der Waals surface area contributed by atoms with Crippen molar-refractivity contribution >= 4 is 53.6 Å². The van der Waals surface area contributed by atoms with E-state index in [1.54, 1.807) is 97.9 Å². The Morgan fingerprint density at radius 3 is 1.51 bits per heavy atom. The highest BCUT2D eigenvalue weighted by atomic mass is 16.6. The van der Waals surface area contributed by atoms with E-state index in [0.717, 1.165) is 64.0 Å². The molecule has 0 spiro atoms. The van der Waals surface area contributed by atoms with E-state index in [9.17, 15) is 24.0 Å². The van der Waals surface area contributed by atoms with Gasteiger partial charge in [-0.3, -0.25) is 24.9 Å². The molecule has 0 aliphatic carbocycles. The predicted octanol–water partition coefficient (Wildman–Crippen LogP) is 10.2. The van der Waals surface area contributed by atoms with E-state index in [2.05, 4.69) is 48.5 Å². The topological polar surface area (TPSA) is 270 Å². The van der Waals surface area contributed by atoms with Crippen LogP contribution in [0.25, 0.3) is 33.5 Å². The second-order valence-corrected chi connectivity index (χ2v) is 25.9. The molecule has 0 unspecified atom stereocenters. The summed E-state index contributed by atoms with van der Waals surface area (Å²) in [4.78, 5) is 77.2. The summed E-state index contributed by atoms with van der Waals surface area (Å²) in [6, 6.07) is 9.01. The third-order valence-corrected chi connectivity index (χ3v) is 14.0. The maximum Gasteiger partial charge on any atom is 0.413 e. The number of aromatic nitrogens is 10. The third-order valence-electron chi connectivity index (χ3n) is 14.0. The zero-order chi connectivity index (χ0) is 62.6. The van der Waals surface area contributed by atoms with E-state index < -0.39 is 46.7 Å². The fraction of sp³-hybridized carbons (Fsp3) is 0.525. The molecule has 7 aromatic rings. The summed E-state index contributed by atoms with van der Waals surface area (Å²) in [6.07, 6.45) is 11.8. The molecule has 2 aliphatic rings. The first-order valence-corrected chi connectivity index (χ1v) is 28.9. The van der Waals surface area contributed by atoms with Crippen molar-refractivity contribution < 1.29 is 47.7 Å². The van der Waals surface area contributed by atoms with Crippen molar-refractivity contribution in [3.8, 4) is 28.0 Å². The molecule has 25 heteroatoms. The number of likely N-dealkylation sites (tertiary alicyclic amines) is 2. The van der Waals surface area contributed by atoms with Crippen LogP contribution < -0.4 is 20.7 Å². The molecule has 2 saturated heterocycles. The Morgan fingerprint density at radius 2 is 1.07 bits per heavy atom. The molecule has 25 nitrogen and oxygen atoms in total. The number of nitrogens with zero attached hydrogens (tertiary/aromatic N) is 12. The number of amides is 4. The molecule has 0 saturated carbocycles. The molecule has 2 fully saturated rings. The summed E-state index contributed by atoms with van der Waals surface area (Å²) in [5.41, 5.74) is 5.06. The van der Waals surface area contributed by atoms with Crippen molar-refractivity contribution in [1.29, 1.82) is 0 Å². The van der Waals surface area contributed by atoms with Gasteiger partial charge >= 0.3 is 24.4 Å². The fourth-order valence-corrected chi connectivity index (χ4v) is 10.2. The molecule has 3 N–H and O–H groups in total. The number of aldehydes is 1. The van der Waals surface area contributed by atoms with Gasteiger partial charge in [-0.25, -0.2) is 29.1 Å². The van der Waals surface area contributed by atoms with Gasteiger partial charge in [0.05, 0.1) is 49.3 Å². The number of rotatable bonds is 12. The first-order valence-electron chi connectivity index (χ1n) is 28.9. The largest absolute Gasteiger partial charge is 0.496 e. The highest BCUT2D eigenvalue weighted by Gasteiger charge is 2.38. The number of carbonyl (C=O) groups excluding carboxylic acids is 5. The van der Waals surface area contributed by atoms with Crippen LogP contribution in [-0.2, 0) is 44.4 Å². The summed E-state index contributed by atoms with van der Waals surface area (Å²) < 4.78 is 34.6. The average Bonchev–Trinajstić information content (AvgIpc) is 1.62. The highest BCUT2D eigenvalue weighted by molar-refractivity contribution is 5.87. The number of ether oxygens (including phenoxy) is 5. The van der Waals surface area contributed by atoms with E-state index in [4.69, 9.17) is 33.7 Å². The lowest BCUT2D eigenvalue weighted by atomic mass is 9.90. The van der Waals surface area contributed by atoms with Gasteiger partial charge in [0.2, 0.25) is 0 Å². The third kappa shape index (κ3) is 16.2. The molecule has 0 bridgehead atoms. The standard InChI is InChI=1S/C35H48N8O5.C26H35N7O5/c1-22-10-11-23(29(14-22)46-9)16-36-18-26-13-12-24(21-42(26)33(45)48-35(5,6)7)28-15-30(40-32(44)47-34(2,3)4)43-31(39-28)27(19-38-43)25-17-37-41(8)20-25;1-25(2,3)37-23(35)30-21-10-20(29-22-19(12-28-33(21)22)17-11-27-31(7)13-17)16-8-9-18(15-34)32(14-16)24(36)38-26(4,5)6/h10-11,14-15,17,19-20,24,26,36H,12-13,16,18,21H2,1-9H3,(H,40,44);10-13,15-16,18H,8-9,14H2,1-7H3,(H,30,35)/t24-,26-;16-,18-/m00/s1. The lowest BCUT2D eigenvalue weighted by Gasteiger charge is -2.40. The Morgan fingerprint density at radius 1 is 0.605 bits per heavy atom. The summed E-state index contributed by atoms with van der Waals surface area (Å²) in [5, 5.41) is 26.8. The van der Waals surface area contributed by atoms with E-state index >= 15 is 0 Å². The number of anilines is 2. The normalized spacial score (nSPS) is 17.6. The van der Waals surface area contributed by atoms with Crippen LogP contribution in [0.4, 0.5) is 30.8 Å². The number of nitrogens with one attached hydrogen (secondary N) is 3. The molecule has 2 aliphatic heterocycles. The molecule has 0 radical (unpaired) electrons. The Hall–Kier alpha value is -8.61. The number of hydrogen-bond acceptors (Lipinski definition) is 17. The predicted molar refractivity (Wildman–Crippen MR) is 323 cm³/mol. The van der Waals surface area contributed by atoms with Crippen molar-refractivity contribution in [2.24, 2.45) is 14.1 Å². The van der Waals surface area contributed by atoms with Gasteiger partial charge in [-0.1, -0.05) is 12.1 Å². The van der Waals surface area contributed by atoms with Crippen LogP contribution in [0.15, 0.2) is 67.5 Å². The zero-order valence-corrected chi connectivity index (χ0v) is 52.3. The van der Waals surface area contributed by atoms with E-state index in [0.29, 0.717) is 61.1 Å². The first-order chi connectivity index (χ1) is 40.3. The van der Waals surface area contributed by atoms with E-state index in [-0.39, 0.29) is 30.5 Å². The van der Waals surface area contributed by atoms with Gasteiger partial charge in [-0.2, -0.15) is 29.4 Å². The van der Waals surface area contributed by atoms with Gasteiger partial charge < -0.3 is 38.7 Å². The smallest absolute Gasteiger partial charge is 0.413 e. The molecule has 4 atom stereocenters. The molecule has 6 aromatic heterocycles. The SMILES string of the molecule is COc1cc(C)ccc1CNC[C@@H]1CC[C@H](c2cc(NC(=O)OC(C)(C)C)n3ncc(-c4cnn(C)c4)c3n2)CN1C(=O)OC(C)(C)C.Cn1cc(-c2cnn3c(NC(=O)OC(C)(C)C)cc([C@H]4CC[C@@H](C=O)N(C(=O)OC(C)(C)C)C4)nc23)cn1. The van der Waals surface area contributed by atoms with Crippen molar-refractivity contribution in [3.05, 3.63) is 90.0 Å². The summed E-state index contributed by atoms with van der Waals surface area (Å²) in [6.45, 7) is 25.6. The lowest BCUT2D eigenvalue weighted by molar-refractivity contribution is -0.113. The van der Waals surface area contributed by atoms with Gasteiger partial charge in [0, 0.05) is 110 Å². The van der Waals surface area contributed by atoms with Crippen molar-refractivity contribution in [1.82, 2.24) is 63.9 Å². The molecule has 8 heterocycles. The molecular weight excluding hydrogens is 1100 g/mol. The first kappa shape index (κ1) is 63.4. The number of methoxy groups -OCH3 is 1. The highest BCUT2D eigenvalue weighted by Crippen LogP contribution is 2.36. The van der Waals surface area contributed by atoms with Gasteiger partial charge in [0.1, 0.15) is 46.1 Å². The molecule has 9 rings (SSSR count). The van der Waals surface area contributed by atoms with Gasteiger partial charge in [-0.05, 0) is 127 Å². The molecule has 86 heavy (non-hydrogen) atoms. The number of aryl methyl sites for hydroxylation is 3.